The monoisotopic (exact) mass is 398 g/mol. The lowest BCUT2D eigenvalue weighted by Crippen LogP contribution is -2.16. The minimum Gasteiger partial charge on any atom is -0.497 e. The zero-order valence-corrected chi connectivity index (χ0v) is 16.2. The summed E-state index contributed by atoms with van der Waals surface area (Å²) in [6, 6.07) is 9.19. The molecule has 0 unspecified atom stereocenters. The summed E-state index contributed by atoms with van der Waals surface area (Å²) < 4.78 is 22.7. The Bertz CT molecular complexity index is 1040. The summed E-state index contributed by atoms with van der Waals surface area (Å²) in [7, 11) is 3.18. The zero-order chi connectivity index (χ0) is 19.5. The number of hydrogen-bond acceptors (Lipinski definition) is 7. The summed E-state index contributed by atoms with van der Waals surface area (Å²) in [5.41, 5.74) is 1.58. The largest absolute Gasteiger partial charge is 0.497 e. The molecule has 0 radical (unpaired) electrons. The van der Waals surface area contributed by atoms with Crippen molar-refractivity contribution in [3.05, 3.63) is 42.0 Å². The predicted octanol–water partition coefficient (Wildman–Crippen LogP) is 3.74. The quantitative estimate of drug-likeness (QED) is 0.660. The normalized spacial score (nSPS) is 12.9. The number of ether oxygens (including phenoxy) is 4. The molecule has 7 nitrogen and oxygen atoms in total. The van der Waals surface area contributed by atoms with Crippen molar-refractivity contribution in [2.24, 2.45) is 0 Å². The van der Waals surface area contributed by atoms with Gasteiger partial charge < -0.3 is 18.9 Å². The van der Waals surface area contributed by atoms with Crippen LogP contribution in [0.4, 0.5) is 5.13 Å². The summed E-state index contributed by atoms with van der Waals surface area (Å²) >= 11 is 1.39. The standard InChI is InChI=1S/C20H18N2O5S/c1-24-13-4-5-14-17(11-13)28-20(21-14)22-18(23)6-3-12-9-15(25-2)19-16(10-12)26-7-8-27-19/h3-6,9-11H,7-8H2,1-2H3,(H,21,22,23)/b6-3+. The highest BCUT2D eigenvalue weighted by atomic mass is 32.1. The summed E-state index contributed by atoms with van der Waals surface area (Å²) in [5.74, 6) is 2.23. The molecular weight excluding hydrogens is 380 g/mol. The molecule has 0 saturated heterocycles. The van der Waals surface area contributed by atoms with Gasteiger partial charge in [0.1, 0.15) is 19.0 Å². The number of aromatic nitrogens is 1. The Morgan fingerprint density at radius 1 is 1.18 bits per heavy atom. The summed E-state index contributed by atoms with van der Waals surface area (Å²) in [6.45, 7) is 0.960. The Morgan fingerprint density at radius 3 is 2.86 bits per heavy atom. The van der Waals surface area contributed by atoms with Gasteiger partial charge in [-0.2, -0.15) is 0 Å². The van der Waals surface area contributed by atoms with E-state index in [4.69, 9.17) is 18.9 Å². The van der Waals surface area contributed by atoms with Crippen LogP contribution in [0, 0.1) is 0 Å². The zero-order valence-electron chi connectivity index (χ0n) is 15.4. The van der Waals surface area contributed by atoms with Gasteiger partial charge in [0.25, 0.3) is 0 Å². The number of hydrogen-bond donors (Lipinski definition) is 1. The van der Waals surface area contributed by atoms with E-state index in [2.05, 4.69) is 10.3 Å². The minimum atomic E-state index is -0.278. The number of fused-ring (bicyclic) bond motifs is 2. The predicted molar refractivity (Wildman–Crippen MR) is 108 cm³/mol. The van der Waals surface area contributed by atoms with E-state index >= 15 is 0 Å². The molecule has 2 heterocycles. The first-order chi connectivity index (χ1) is 13.7. The molecule has 0 atom stereocenters. The number of thiazole rings is 1. The molecule has 2 aromatic carbocycles. The van der Waals surface area contributed by atoms with E-state index in [0.29, 0.717) is 35.6 Å². The van der Waals surface area contributed by atoms with E-state index < -0.39 is 0 Å². The molecule has 1 N–H and O–H groups in total. The molecule has 28 heavy (non-hydrogen) atoms. The molecule has 0 bridgehead atoms. The van der Waals surface area contributed by atoms with Crippen LogP contribution in [0.25, 0.3) is 16.3 Å². The van der Waals surface area contributed by atoms with Gasteiger partial charge in [-0.05, 0) is 42.0 Å². The molecule has 1 aromatic heterocycles. The first kappa shape index (κ1) is 18.1. The van der Waals surface area contributed by atoms with Crippen molar-refractivity contribution < 1.29 is 23.7 Å². The first-order valence-electron chi connectivity index (χ1n) is 8.57. The van der Waals surface area contributed by atoms with Crippen molar-refractivity contribution in [2.75, 3.05) is 32.8 Å². The number of amides is 1. The number of methoxy groups -OCH3 is 2. The molecule has 0 fully saturated rings. The summed E-state index contributed by atoms with van der Waals surface area (Å²) in [6.07, 6.45) is 3.13. The topological polar surface area (TPSA) is 78.9 Å². The van der Waals surface area contributed by atoms with Crippen molar-refractivity contribution >= 4 is 38.7 Å². The van der Waals surface area contributed by atoms with Gasteiger partial charge in [-0.1, -0.05) is 11.3 Å². The van der Waals surface area contributed by atoms with Gasteiger partial charge in [0, 0.05) is 6.08 Å². The second-order valence-electron chi connectivity index (χ2n) is 5.92. The SMILES string of the molecule is COc1ccc2nc(NC(=O)/C=C/c3cc(OC)c4c(c3)OCCO4)sc2c1. The maximum absolute atomic E-state index is 12.3. The van der Waals surface area contributed by atoms with Crippen molar-refractivity contribution in [3.63, 3.8) is 0 Å². The number of carbonyl (C=O) groups excluding carboxylic acids is 1. The van der Waals surface area contributed by atoms with Crippen LogP contribution >= 0.6 is 11.3 Å². The molecule has 3 aromatic rings. The van der Waals surface area contributed by atoms with Crippen LogP contribution < -0.4 is 24.3 Å². The van der Waals surface area contributed by atoms with Crippen LogP contribution in [-0.2, 0) is 4.79 Å². The van der Waals surface area contributed by atoms with Gasteiger partial charge >= 0.3 is 0 Å². The lowest BCUT2D eigenvalue weighted by molar-refractivity contribution is -0.111. The second-order valence-corrected chi connectivity index (χ2v) is 6.95. The van der Waals surface area contributed by atoms with E-state index in [1.807, 2.05) is 24.3 Å². The van der Waals surface area contributed by atoms with Crippen LogP contribution in [0.2, 0.25) is 0 Å². The van der Waals surface area contributed by atoms with E-state index in [1.54, 1.807) is 26.4 Å². The number of nitrogens with zero attached hydrogens (tertiary/aromatic N) is 1. The van der Waals surface area contributed by atoms with Crippen LogP contribution in [0.15, 0.2) is 36.4 Å². The smallest absolute Gasteiger partial charge is 0.250 e. The van der Waals surface area contributed by atoms with Gasteiger partial charge in [-0.15, -0.1) is 0 Å². The molecule has 1 aliphatic rings. The molecule has 0 aliphatic carbocycles. The Hall–Kier alpha value is -3.26. The van der Waals surface area contributed by atoms with E-state index in [1.165, 1.54) is 17.4 Å². The Labute approximate surface area is 165 Å². The second kappa shape index (κ2) is 7.77. The van der Waals surface area contributed by atoms with Gasteiger partial charge in [-0.25, -0.2) is 4.98 Å². The van der Waals surface area contributed by atoms with Gasteiger partial charge in [0.05, 0.1) is 24.4 Å². The highest BCUT2D eigenvalue weighted by molar-refractivity contribution is 7.22. The van der Waals surface area contributed by atoms with E-state index in [9.17, 15) is 4.79 Å². The van der Waals surface area contributed by atoms with Crippen molar-refractivity contribution in [1.29, 1.82) is 0 Å². The van der Waals surface area contributed by atoms with E-state index in [-0.39, 0.29) is 5.91 Å². The minimum absolute atomic E-state index is 0.278. The highest BCUT2D eigenvalue weighted by Gasteiger charge is 2.17. The van der Waals surface area contributed by atoms with Gasteiger partial charge in [0.15, 0.2) is 16.6 Å². The molecule has 1 aliphatic heterocycles. The number of carbonyl (C=O) groups is 1. The lowest BCUT2D eigenvalue weighted by atomic mass is 10.1. The molecule has 4 rings (SSSR count). The number of anilines is 1. The number of rotatable bonds is 5. The van der Waals surface area contributed by atoms with Crippen molar-refractivity contribution in [2.45, 2.75) is 0 Å². The van der Waals surface area contributed by atoms with Crippen LogP contribution in [0.1, 0.15) is 5.56 Å². The molecule has 1 amide bonds. The maximum atomic E-state index is 12.3. The highest BCUT2D eigenvalue weighted by Crippen LogP contribution is 2.40. The van der Waals surface area contributed by atoms with Crippen molar-refractivity contribution in [1.82, 2.24) is 4.98 Å². The number of benzene rings is 2. The third-order valence-corrected chi connectivity index (χ3v) is 5.04. The fraction of sp³-hybridized carbons (Fsp3) is 0.200. The van der Waals surface area contributed by atoms with Gasteiger partial charge in [-0.3, -0.25) is 10.1 Å². The summed E-state index contributed by atoms with van der Waals surface area (Å²) in [5, 5.41) is 3.31. The van der Waals surface area contributed by atoms with Crippen LogP contribution in [0.5, 0.6) is 23.0 Å². The molecule has 0 spiro atoms. The van der Waals surface area contributed by atoms with E-state index in [0.717, 1.165) is 21.5 Å². The van der Waals surface area contributed by atoms with Crippen LogP contribution in [0.3, 0.4) is 0 Å². The average Bonchev–Trinajstić information content (AvgIpc) is 3.12. The Kier molecular flexibility index (Phi) is 5.03. The molecule has 144 valence electrons. The maximum Gasteiger partial charge on any atom is 0.250 e. The fourth-order valence-electron chi connectivity index (χ4n) is 2.79. The molecule has 8 heteroatoms. The van der Waals surface area contributed by atoms with Crippen LogP contribution in [-0.4, -0.2) is 38.3 Å². The first-order valence-corrected chi connectivity index (χ1v) is 9.39. The number of nitrogens with one attached hydrogen (secondary N) is 1. The lowest BCUT2D eigenvalue weighted by Gasteiger charge is -2.20. The van der Waals surface area contributed by atoms with Gasteiger partial charge in [0.2, 0.25) is 11.7 Å². The average molecular weight is 398 g/mol. The Balaban J connectivity index is 1.50. The summed E-state index contributed by atoms with van der Waals surface area (Å²) in [4.78, 5) is 16.7. The molecular formula is C20H18N2O5S. The Morgan fingerprint density at radius 2 is 2.04 bits per heavy atom. The van der Waals surface area contributed by atoms with Crippen molar-refractivity contribution in [3.8, 4) is 23.0 Å². The third kappa shape index (κ3) is 3.72. The fourth-order valence-corrected chi connectivity index (χ4v) is 3.69. The molecule has 0 saturated carbocycles. The third-order valence-electron chi connectivity index (χ3n) is 4.10.